The average Bonchev–Trinajstić information content (AvgIpc) is 2.56. The highest BCUT2D eigenvalue weighted by atomic mass is 28.4. The van der Waals surface area contributed by atoms with Gasteiger partial charge in [-0.1, -0.05) is 10.5 Å². The molecule has 0 radical (unpaired) electrons. The van der Waals surface area contributed by atoms with Gasteiger partial charge in [0.1, 0.15) is 0 Å². The minimum atomic E-state index is -5.03. The number of alkyl halides is 2. The van der Waals surface area contributed by atoms with Gasteiger partial charge in [0, 0.05) is 19.8 Å². The second-order valence-electron chi connectivity index (χ2n) is 4.58. The first-order chi connectivity index (χ1) is 11.7. The lowest BCUT2D eigenvalue weighted by Crippen LogP contribution is -2.67. The molecule has 0 fully saturated rings. The maximum absolute atomic E-state index is 14.7. The fourth-order valence-electron chi connectivity index (χ4n) is 1.98. The zero-order valence-electron chi connectivity index (χ0n) is 13.8. The highest BCUT2D eigenvalue weighted by Gasteiger charge is 2.71. The molecule has 0 aliphatic rings. The third-order valence-electron chi connectivity index (χ3n) is 2.98. The molecule has 0 heterocycles. The van der Waals surface area contributed by atoms with Gasteiger partial charge in [0.2, 0.25) is 0 Å². The Balaban J connectivity index is 3.31. The Labute approximate surface area is 142 Å². The standard InChI is InChI=1S/C14H18F5NO4Si/c1-4-22-25(23-5-2,24-6-3)14(17,18)20(19)13(21)10-8-7-9-11(15)12(10)16/h7-9H,4-6H2,1-3H3. The molecule has 0 aliphatic heterocycles. The van der Waals surface area contributed by atoms with E-state index in [9.17, 15) is 26.8 Å². The topological polar surface area (TPSA) is 48.0 Å². The first-order valence-corrected chi connectivity index (χ1v) is 9.14. The van der Waals surface area contributed by atoms with Gasteiger partial charge < -0.3 is 13.3 Å². The summed E-state index contributed by atoms with van der Waals surface area (Å²) in [6.45, 7) is 3.14. The Hall–Kier alpha value is -1.56. The number of amides is 1. The van der Waals surface area contributed by atoms with Gasteiger partial charge in [-0.15, -0.1) is 5.12 Å². The summed E-state index contributed by atoms with van der Waals surface area (Å²) in [6, 6.07) is 2.22. The number of nitrogens with zero attached hydrogens (tertiary/aromatic N) is 1. The zero-order chi connectivity index (χ0) is 19.3. The second kappa shape index (κ2) is 8.69. The van der Waals surface area contributed by atoms with E-state index in [1.165, 1.54) is 20.8 Å². The molecule has 0 unspecified atom stereocenters. The minimum absolute atomic E-state index is 0.307. The Morgan fingerprint density at radius 2 is 1.56 bits per heavy atom. The third-order valence-corrected chi connectivity index (χ3v) is 5.92. The molecule has 0 bridgehead atoms. The molecule has 11 heteroatoms. The molecule has 25 heavy (non-hydrogen) atoms. The van der Waals surface area contributed by atoms with E-state index in [0.29, 0.717) is 12.1 Å². The van der Waals surface area contributed by atoms with E-state index < -0.39 is 42.7 Å². The molecule has 1 aromatic carbocycles. The van der Waals surface area contributed by atoms with Crippen LogP contribution in [0.4, 0.5) is 22.0 Å². The fourth-order valence-corrected chi connectivity index (χ4v) is 4.23. The first-order valence-electron chi connectivity index (χ1n) is 7.42. The molecule has 0 aromatic heterocycles. The lowest BCUT2D eigenvalue weighted by atomic mass is 10.2. The molecule has 1 rings (SSSR count). The number of carbonyl (C=O) groups is 1. The van der Waals surface area contributed by atoms with Crippen LogP contribution in [0.2, 0.25) is 0 Å². The molecule has 0 saturated heterocycles. The van der Waals surface area contributed by atoms with E-state index in [4.69, 9.17) is 13.3 Å². The number of hydrogen-bond acceptors (Lipinski definition) is 4. The summed E-state index contributed by atoms with van der Waals surface area (Å²) >= 11 is 0. The van der Waals surface area contributed by atoms with Crippen LogP contribution in [0.5, 0.6) is 0 Å². The highest BCUT2D eigenvalue weighted by molar-refractivity contribution is 6.63. The predicted molar refractivity (Wildman–Crippen MR) is 79.2 cm³/mol. The monoisotopic (exact) mass is 387 g/mol. The first kappa shape index (κ1) is 21.5. The Morgan fingerprint density at radius 3 is 2.00 bits per heavy atom. The summed E-state index contributed by atoms with van der Waals surface area (Å²) in [5.74, 6) is -5.31. The van der Waals surface area contributed by atoms with E-state index in [1.807, 2.05) is 0 Å². The smallest absolute Gasteiger partial charge is 0.369 e. The van der Waals surface area contributed by atoms with Crippen molar-refractivity contribution in [3.63, 3.8) is 0 Å². The van der Waals surface area contributed by atoms with Crippen LogP contribution in [0.3, 0.4) is 0 Å². The average molecular weight is 387 g/mol. The van der Waals surface area contributed by atoms with Gasteiger partial charge in [-0.2, -0.15) is 8.78 Å². The number of benzene rings is 1. The second-order valence-corrected chi connectivity index (χ2v) is 7.16. The molecule has 0 atom stereocenters. The zero-order valence-corrected chi connectivity index (χ0v) is 14.8. The van der Waals surface area contributed by atoms with E-state index in [2.05, 4.69) is 0 Å². The quantitative estimate of drug-likeness (QED) is 0.282. The SMILES string of the molecule is CCO[Si](OCC)(OCC)C(F)(F)N(F)C(=O)c1cccc(F)c1F. The van der Waals surface area contributed by atoms with Crippen molar-refractivity contribution in [1.29, 1.82) is 0 Å². The molecule has 0 aliphatic carbocycles. The van der Waals surface area contributed by atoms with E-state index in [0.717, 1.165) is 6.07 Å². The molecule has 1 aromatic rings. The molecule has 0 spiro atoms. The molecular weight excluding hydrogens is 369 g/mol. The lowest BCUT2D eigenvalue weighted by molar-refractivity contribution is -0.194. The van der Waals surface area contributed by atoms with Crippen LogP contribution in [0.15, 0.2) is 18.2 Å². The summed E-state index contributed by atoms with van der Waals surface area (Å²) in [5.41, 5.74) is -5.86. The maximum atomic E-state index is 14.7. The normalized spacial score (nSPS) is 12.3. The lowest BCUT2D eigenvalue weighted by Gasteiger charge is -2.36. The van der Waals surface area contributed by atoms with Gasteiger partial charge in [-0.25, -0.2) is 8.78 Å². The molecule has 142 valence electrons. The van der Waals surface area contributed by atoms with Crippen molar-refractivity contribution in [3.8, 4) is 0 Å². The highest BCUT2D eigenvalue weighted by Crippen LogP contribution is 2.35. The van der Waals surface area contributed by atoms with Crippen molar-refractivity contribution in [3.05, 3.63) is 35.4 Å². The van der Waals surface area contributed by atoms with Crippen molar-refractivity contribution in [2.45, 2.75) is 26.4 Å². The van der Waals surface area contributed by atoms with Gasteiger partial charge in [0.15, 0.2) is 11.6 Å². The van der Waals surface area contributed by atoms with Crippen LogP contribution in [0, 0.1) is 11.6 Å². The fraction of sp³-hybridized carbons (Fsp3) is 0.500. The molecule has 5 nitrogen and oxygen atoms in total. The van der Waals surface area contributed by atoms with Crippen LogP contribution in [0.1, 0.15) is 31.1 Å². The largest absolute Gasteiger partial charge is 0.603 e. The van der Waals surface area contributed by atoms with Gasteiger partial charge in [0.05, 0.1) is 5.56 Å². The molecular formula is C14H18F5NO4Si. The third kappa shape index (κ3) is 4.16. The van der Waals surface area contributed by atoms with E-state index >= 15 is 0 Å². The molecule has 0 N–H and O–H groups in total. The van der Waals surface area contributed by atoms with Gasteiger partial charge in [0.25, 0.3) is 5.91 Å². The van der Waals surface area contributed by atoms with Crippen LogP contribution < -0.4 is 0 Å². The summed E-state index contributed by atoms with van der Waals surface area (Å²) in [7, 11) is -5.03. The van der Waals surface area contributed by atoms with E-state index in [-0.39, 0.29) is 19.8 Å². The van der Waals surface area contributed by atoms with Crippen LogP contribution in [0.25, 0.3) is 0 Å². The van der Waals surface area contributed by atoms with Gasteiger partial charge in [-0.3, -0.25) is 4.79 Å². The number of rotatable bonds is 9. The van der Waals surface area contributed by atoms with Crippen LogP contribution >= 0.6 is 0 Å². The van der Waals surface area contributed by atoms with Crippen LogP contribution in [-0.4, -0.2) is 45.3 Å². The summed E-state index contributed by atoms with van der Waals surface area (Å²) < 4.78 is 85.0. The predicted octanol–water partition coefficient (Wildman–Crippen LogP) is 3.47. The van der Waals surface area contributed by atoms with Crippen molar-refractivity contribution < 1.29 is 40.1 Å². The Morgan fingerprint density at radius 1 is 1.08 bits per heavy atom. The summed E-state index contributed by atoms with van der Waals surface area (Å²) in [4.78, 5) is 11.9. The maximum Gasteiger partial charge on any atom is 0.603 e. The van der Waals surface area contributed by atoms with Crippen LogP contribution in [-0.2, 0) is 13.3 Å². The van der Waals surface area contributed by atoms with Gasteiger partial charge >= 0.3 is 14.5 Å². The summed E-state index contributed by atoms with van der Waals surface area (Å²) in [5, 5.41) is -1.53. The number of halogens is 5. The van der Waals surface area contributed by atoms with Crippen molar-refractivity contribution in [2.24, 2.45) is 0 Å². The Bertz CT molecular complexity index is 588. The minimum Gasteiger partial charge on any atom is -0.369 e. The molecule has 0 saturated carbocycles. The van der Waals surface area contributed by atoms with E-state index in [1.54, 1.807) is 0 Å². The van der Waals surface area contributed by atoms with Gasteiger partial charge in [-0.05, 0) is 32.9 Å². The van der Waals surface area contributed by atoms with Crippen molar-refractivity contribution in [2.75, 3.05) is 19.8 Å². The van der Waals surface area contributed by atoms with Crippen molar-refractivity contribution in [1.82, 2.24) is 5.12 Å². The summed E-state index contributed by atoms with van der Waals surface area (Å²) in [6.07, 6.45) is 0. The number of carbonyl (C=O) groups excluding carboxylic acids is 1. The number of hydrogen-bond donors (Lipinski definition) is 0. The Kier molecular flexibility index (Phi) is 7.47. The molecule has 1 amide bonds. The van der Waals surface area contributed by atoms with Crippen molar-refractivity contribution >= 4 is 14.7 Å².